The van der Waals surface area contributed by atoms with Gasteiger partial charge < -0.3 is 16.0 Å². The van der Waals surface area contributed by atoms with E-state index in [0.29, 0.717) is 12.1 Å². The molecule has 8 heteroatoms. The van der Waals surface area contributed by atoms with E-state index in [4.69, 9.17) is 5.73 Å². The number of nitrogens with two attached hydrogens (primary N) is 1. The lowest BCUT2D eigenvalue weighted by Gasteiger charge is -2.27. The van der Waals surface area contributed by atoms with Gasteiger partial charge in [-0.3, -0.25) is 19.9 Å². The van der Waals surface area contributed by atoms with Crippen molar-refractivity contribution in [2.45, 2.75) is 56.5 Å². The van der Waals surface area contributed by atoms with Gasteiger partial charge in [-0.2, -0.15) is 0 Å². The topological polar surface area (TPSA) is 99.8 Å². The molecule has 33 heavy (non-hydrogen) atoms. The van der Waals surface area contributed by atoms with Gasteiger partial charge >= 0.3 is 0 Å². The van der Waals surface area contributed by atoms with Gasteiger partial charge in [0.25, 0.3) is 0 Å². The summed E-state index contributed by atoms with van der Waals surface area (Å²) in [6.45, 7) is 2.47. The highest BCUT2D eigenvalue weighted by Crippen LogP contribution is 2.32. The maximum Gasteiger partial charge on any atom is 0.237 e. The third-order valence-electron chi connectivity index (χ3n) is 6.32. The summed E-state index contributed by atoms with van der Waals surface area (Å²) in [7, 11) is 0. The normalized spacial score (nSPS) is 24.0. The molecule has 2 aromatic rings. The standard InChI is InChI=1S/C25H30FN5O2/c1-16(24-28-15-21(30-24)18-10-5-6-11-19(18)26)29-25(33)20(27)14-23(32)31-13-7-12-22(31)17-8-3-2-4-9-17/h2-6,8-11,15-16,20-22,24,30H,7,12-14,27H2,1H3,(H,29,33)/t16?,20?,21?,22-,24?/m1/s1. The highest BCUT2D eigenvalue weighted by atomic mass is 19.1. The molecular weight excluding hydrogens is 421 g/mol. The molecule has 0 bridgehead atoms. The number of aliphatic imine (C=N–C) groups is 1. The van der Waals surface area contributed by atoms with E-state index in [2.05, 4.69) is 15.6 Å². The van der Waals surface area contributed by atoms with E-state index >= 15 is 0 Å². The molecule has 0 saturated carbocycles. The van der Waals surface area contributed by atoms with Gasteiger partial charge in [0.15, 0.2) is 0 Å². The lowest BCUT2D eigenvalue weighted by atomic mass is 10.0. The molecule has 1 fully saturated rings. The number of halogens is 1. The molecule has 5 atom stereocenters. The van der Waals surface area contributed by atoms with Gasteiger partial charge in [0.1, 0.15) is 12.0 Å². The van der Waals surface area contributed by atoms with Crippen LogP contribution >= 0.6 is 0 Å². The monoisotopic (exact) mass is 451 g/mol. The lowest BCUT2D eigenvalue weighted by molar-refractivity contribution is -0.135. The molecule has 4 unspecified atom stereocenters. The summed E-state index contributed by atoms with van der Waals surface area (Å²) in [5, 5.41) is 6.05. The minimum atomic E-state index is -0.954. The Balaban J connectivity index is 1.29. The minimum absolute atomic E-state index is 0.0280. The van der Waals surface area contributed by atoms with Gasteiger partial charge in [0.2, 0.25) is 11.8 Å². The quantitative estimate of drug-likeness (QED) is 0.602. The third kappa shape index (κ3) is 5.29. The Bertz CT molecular complexity index is 1010. The number of carbonyl (C=O) groups excluding carboxylic acids is 2. The molecule has 0 aromatic heterocycles. The van der Waals surface area contributed by atoms with Crippen LogP contribution < -0.4 is 16.4 Å². The fourth-order valence-electron chi connectivity index (χ4n) is 4.52. The van der Waals surface area contributed by atoms with Crippen LogP contribution in [0.4, 0.5) is 4.39 Å². The zero-order valence-corrected chi connectivity index (χ0v) is 18.7. The molecular formula is C25H30FN5O2. The van der Waals surface area contributed by atoms with Crippen molar-refractivity contribution < 1.29 is 14.0 Å². The summed E-state index contributed by atoms with van der Waals surface area (Å²) in [6, 6.07) is 14.8. The van der Waals surface area contributed by atoms with Crippen LogP contribution in [0.5, 0.6) is 0 Å². The van der Waals surface area contributed by atoms with Gasteiger partial charge in [-0.15, -0.1) is 0 Å². The third-order valence-corrected chi connectivity index (χ3v) is 6.32. The molecule has 0 aliphatic carbocycles. The molecule has 2 aliphatic rings. The molecule has 2 amide bonds. The number of rotatable bonds is 7. The number of amides is 2. The van der Waals surface area contributed by atoms with Crippen LogP contribution in [0.3, 0.4) is 0 Å². The van der Waals surface area contributed by atoms with Crippen molar-refractivity contribution in [2.75, 3.05) is 6.54 Å². The Morgan fingerprint density at radius 1 is 1.21 bits per heavy atom. The number of benzene rings is 2. The van der Waals surface area contributed by atoms with E-state index in [9.17, 15) is 14.0 Å². The van der Waals surface area contributed by atoms with Crippen LogP contribution in [0.2, 0.25) is 0 Å². The van der Waals surface area contributed by atoms with Gasteiger partial charge in [0, 0.05) is 18.3 Å². The van der Waals surface area contributed by atoms with Gasteiger partial charge in [-0.25, -0.2) is 4.39 Å². The summed E-state index contributed by atoms with van der Waals surface area (Å²) in [5.74, 6) is -0.832. The predicted molar refractivity (Wildman–Crippen MR) is 125 cm³/mol. The average molecular weight is 452 g/mol. The molecule has 2 aliphatic heterocycles. The Kier molecular flexibility index (Phi) is 7.15. The molecule has 0 radical (unpaired) electrons. The van der Waals surface area contributed by atoms with Crippen molar-refractivity contribution in [3.05, 3.63) is 71.5 Å². The van der Waals surface area contributed by atoms with Crippen LogP contribution in [0, 0.1) is 5.82 Å². The van der Waals surface area contributed by atoms with Crippen molar-refractivity contribution in [2.24, 2.45) is 10.7 Å². The van der Waals surface area contributed by atoms with Gasteiger partial charge in [0.05, 0.1) is 30.6 Å². The highest BCUT2D eigenvalue weighted by molar-refractivity contribution is 5.88. The predicted octanol–water partition coefficient (Wildman–Crippen LogP) is 2.45. The molecule has 0 spiro atoms. The summed E-state index contributed by atoms with van der Waals surface area (Å²) in [5.41, 5.74) is 7.69. The van der Waals surface area contributed by atoms with Gasteiger partial charge in [-0.05, 0) is 31.4 Å². The fourth-order valence-corrected chi connectivity index (χ4v) is 4.52. The average Bonchev–Trinajstić information content (AvgIpc) is 3.50. The minimum Gasteiger partial charge on any atom is -0.349 e. The first-order chi connectivity index (χ1) is 15.9. The lowest BCUT2D eigenvalue weighted by Crippen LogP contribution is -2.52. The first-order valence-corrected chi connectivity index (χ1v) is 11.4. The zero-order valence-electron chi connectivity index (χ0n) is 18.7. The van der Waals surface area contributed by atoms with E-state index in [1.165, 1.54) is 6.07 Å². The molecule has 4 N–H and O–H groups in total. The van der Waals surface area contributed by atoms with Crippen LogP contribution in [-0.2, 0) is 9.59 Å². The Morgan fingerprint density at radius 3 is 2.70 bits per heavy atom. The van der Waals surface area contributed by atoms with Crippen molar-refractivity contribution >= 4 is 18.0 Å². The first kappa shape index (κ1) is 23.1. The number of hydrogen-bond donors (Lipinski definition) is 3. The second kappa shape index (κ2) is 10.2. The largest absolute Gasteiger partial charge is 0.349 e. The van der Waals surface area contributed by atoms with E-state index in [-0.39, 0.29) is 36.3 Å². The maximum atomic E-state index is 14.0. The molecule has 1 saturated heterocycles. The molecule has 7 nitrogen and oxygen atoms in total. The fraction of sp³-hybridized carbons (Fsp3) is 0.400. The van der Waals surface area contributed by atoms with E-state index in [1.807, 2.05) is 35.2 Å². The molecule has 174 valence electrons. The summed E-state index contributed by atoms with van der Waals surface area (Å²) >= 11 is 0. The summed E-state index contributed by atoms with van der Waals surface area (Å²) in [6.07, 6.45) is 3.01. The summed E-state index contributed by atoms with van der Waals surface area (Å²) in [4.78, 5) is 31.8. The molecule has 4 rings (SSSR count). The van der Waals surface area contributed by atoms with Crippen molar-refractivity contribution in [1.82, 2.24) is 15.5 Å². The number of hydrogen-bond acceptors (Lipinski definition) is 5. The second-order valence-corrected chi connectivity index (χ2v) is 8.67. The Hall–Kier alpha value is -3.10. The van der Waals surface area contributed by atoms with Crippen LogP contribution in [0.1, 0.15) is 49.4 Å². The molecule has 2 aromatic carbocycles. The van der Waals surface area contributed by atoms with Crippen LogP contribution in [0.15, 0.2) is 59.6 Å². The molecule has 2 heterocycles. The van der Waals surface area contributed by atoms with Crippen LogP contribution in [0.25, 0.3) is 0 Å². The number of likely N-dealkylation sites (tertiary alicyclic amines) is 1. The number of carbonyl (C=O) groups is 2. The van der Waals surface area contributed by atoms with Crippen molar-refractivity contribution in [3.63, 3.8) is 0 Å². The summed E-state index contributed by atoms with van der Waals surface area (Å²) < 4.78 is 14.0. The van der Waals surface area contributed by atoms with E-state index in [0.717, 1.165) is 18.4 Å². The maximum absolute atomic E-state index is 14.0. The highest BCUT2D eigenvalue weighted by Gasteiger charge is 2.33. The van der Waals surface area contributed by atoms with Gasteiger partial charge in [-0.1, -0.05) is 48.5 Å². The second-order valence-electron chi connectivity index (χ2n) is 8.67. The van der Waals surface area contributed by atoms with Crippen molar-refractivity contribution in [3.8, 4) is 0 Å². The van der Waals surface area contributed by atoms with E-state index in [1.54, 1.807) is 31.3 Å². The number of nitrogens with one attached hydrogen (secondary N) is 2. The Labute approximate surface area is 193 Å². The number of nitrogens with zero attached hydrogens (tertiary/aromatic N) is 2. The first-order valence-electron chi connectivity index (χ1n) is 11.4. The smallest absolute Gasteiger partial charge is 0.237 e. The van der Waals surface area contributed by atoms with Crippen LogP contribution in [-0.4, -0.2) is 47.7 Å². The van der Waals surface area contributed by atoms with E-state index < -0.39 is 18.1 Å². The zero-order chi connectivity index (χ0) is 23.4. The Morgan fingerprint density at radius 2 is 1.94 bits per heavy atom. The SMILES string of the molecule is CC(NC(=O)C(N)CC(=O)N1CCC[C@@H]1c1ccccc1)C1N=CC(c2ccccc2F)N1. The van der Waals surface area contributed by atoms with Crippen molar-refractivity contribution in [1.29, 1.82) is 0 Å².